The van der Waals surface area contributed by atoms with Crippen LogP contribution in [0.1, 0.15) is 43.4 Å². The summed E-state index contributed by atoms with van der Waals surface area (Å²) < 4.78 is 34.2. The predicted octanol–water partition coefficient (Wildman–Crippen LogP) is 4.75. The van der Waals surface area contributed by atoms with Crippen molar-refractivity contribution in [1.29, 1.82) is 0 Å². The number of carbonyl (C=O) groups is 2. The highest BCUT2D eigenvalue weighted by Crippen LogP contribution is 2.29. The zero-order chi connectivity index (χ0) is 31.7. The fourth-order valence-electron chi connectivity index (χ4n) is 4.44. The first-order chi connectivity index (χ1) is 20.4. The number of ether oxygens (including phenoxy) is 1. The topological polar surface area (TPSA) is 139 Å². The van der Waals surface area contributed by atoms with Gasteiger partial charge in [0.15, 0.2) is 0 Å². The fourth-order valence-corrected chi connectivity index (χ4v) is 5.88. The lowest BCUT2D eigenvalue weighted by Gasteiger charge is -2.32. The first-order valence-electron chi connectivity index (χ1n) is 13.9. The van der Waals surface area contributed by atoms with E-state index in [0.717, 1.165) is 34.3 Å². The van der Waals surface area contributed by atoms with Crippen molar-refractivity contribution in [2.45, 2.75) is 58.0 Å². The Morgan fingerprint density at radius 3 is 2.30 bits per heavy atom. The summed E-state index contributed by atoms with van der Waals surface area (Å²) in [7, 11) is -3.01. The molecule has 0 saturated carbocycles. The van der Waals surface area contributed by atoms with E-state index in [1.165, 1.54) is 43.2 Å². The molecule has 0 bridgehead atoms. The third kappa shape index (κ3) is 8.10. The maximum atomic E-state index is 14.1. The summed E-state index contributed by atoms with van der Waals surface area (Å²) in [5.74, 6) is -0.511. The quantitative estimate of drug-likeness (QED) is 0.158. The maximum Gasteiger partial charge on any atom is 0.273 e. The van der Waals surface area contributed by atoms with Crippen LogP contribution in [0.3, 0.4) is 0 Å². The molecule has 0 aliphatic carbocycles. The van der Waals surface area contributed by atoms with Crippen LogP contribution < -0.4 is 14.4 Å². The van der Waals surface area contributed by atoms with Crippen LogP contribution in [-0.2, 0) is 26.2 Å². The smallest absolute Gasteiger partial charge is 0.273 e. The average molecular weight is 611 g/mol. The van der Waals surface area contributed by atoms with Crippen molar-refractivity contribution in [1.82, 2.24) is 10.2 Å². The largest absolute Gasteiger partial charge is 0.497 e. The van der Waals surface area contributed by atoms with Gasteiger partial charge in [0.2, 0.25) is 11.8 Å². The number of hydrogen-bond donors (Lipinski definition) is 1. The molecule has 11 nitrogen and oxygen atoms in total. The molecule has 1 N–H and O–H groups in total. The van der Waals surface area contributed by atoms with E-state index in [-0.39, 0.29) is 28.7 Å². The number of amides is 2. The van der Waals surface area contributed by atoms with E-state index in [0.29, 0.717) is 17.9 Å². The number of carbonyl (C=O) groups excluding carboxylic acids is 2. The molecule has 0 aliphatic heterocycles. The van der Waals surface area contributed by atoms with Gasteiger partial charge in [0, 0.05) is 24.7 Å². The van der Waals surface area contributed by atoms with Gasteiger partial charge in [-0.05, 0) is 68.7 Å². The molecule has 0 unspecified atom stereocenters. The molecule has 0 fully saturated rings. The molecule has 43 heavy (non-hydrogen) atoms. The number of anilines is 1. The number of rotatable bonds is 14. The second-order valence-electron chi connectivity index (χ2n) is 10.2. The second kappa shape index (κ2) is 14.6. The lowest BCUT2D eigenvalue weighted by Crippen LogP contribution is -2.51. The highest BCUT2D eigenvalue weighted by Gasteiger charge is 2.33. The van der Waals surface area contributed by atoms with Gasteiger partial charge in [-0.15, -0.1) is 0 Å². The Labute approximate surface area is 252 Å². The van der Waals surface area contributed by atoms with Crippen LogP contribution >= 0.6 is 0 Å². The van der Waals surface area contributed by atoms with Gasteiger partial charge in [0.1, 0.15) is 18.3 Å². The van der Waals surface area contributed by atoms with E-state index in [1.54, 1.807) is 19.1 Å². The van der Waals surface area contributed by atoms with Gasteiger partial charge in [-0.25, -0.2) is 8.42 Å². The van der Waals surface area contributed by atoms with E-state index >= 15 is 0 Å². The molecule has 12 heteroatoms. The summed E-state index contributed by atoms with van der Waals surface area (Å²) in [5, 5.41) is 14.4. The van der Waals surface area contributed by atoms with Gasteiger partial charge in [-0.1, -0.05) is 43.7 Å². The van der Waals surface area contributed by atoms with E-state index in [2.05, 4.69) is 5.32 Å². The molecular weight excluding hydrogens is 572 g/mol. The Morgan fingerprint density at radius 2 is 1.70 bits per heavy atom. The summed E-state index contributed by atoms with van der Waals surface area (Å²) in [6.45, 7) is 6.87. The van der Waals surface area contributed by atoms with Gasteiger partial charge in [-0.2, -0.15) is 0 Å². The third-order valence-corrected chi connectivity index (χ3v) is 8.97. The Morgan fingerprint density at radius 1 is 1.02 bits per heavy atom. The number of hydrogen-bond acceptors (Lipinski definition) is 7. The molecule has 0 saturated heterocycles. The molecule has 0 radical (unpaired) electrons. The van der Waals surface area contributed by atoms with Crippen molar-refractivity contribution in [3.05, 3.63) is 93.5 Å². The maximum absolute atomic E-state index is 14.1. The van der Waals surface area contributed by atoms with Gasteiger partial charge in [-0.3, -0.25) is 24.0 Å². The zero-order valence-corrected chi connectivity index (χ0v) is 25.9. The van der Waals surface area contributed by atoms with Crippen LogP contribution in [0.4, 0.5) is 11.4 Å². The van der Waals surface area contributed by atoms with Gasteiger partial charge < -0.3 is 15.0 Å². The Bertz CT molecular complexity index is 1560. The zero-order valence-electron chi connectivity index (χ0n) is 25.1. The van der Waals surface area contributed by atoms with Crippen LogP contribution in [0.15, 0.2) is 71.6 Å². The van der Waals surface area contributed by atoms with Crippen LogP contribution in [-0.4, -0.2) is 56.3 Å². The van der Waals surface area contributed by atoms with E-state index in [4.69, 9.17) is 4.74 Å². The van der Waals surface area contributed by atoms with E-state index < -0.39 is 33.4 Å². The van der Waals surface area contributed by atoms with Crippen molar-refractivity contribution < 1.29 is 27.7 Å². The minimum atomic E-state index is -4.48. The number of nitrogens with one attached hydrogen (secondary N) is 1. The highest BCUT2D eigenvalue weighted by atomic mass is 32.2. The molecule has 3 rings (SSSR count). The first-order valence-corrected chi connectivity index (χ1v) is 15.4. The third-order valence-electron chi connectivity index (χ3n) is 7.20. The lowest BCUT2D eigenvalue weighted by molar-refractivity contribution is -0.385. The number of nitro benzene ring substituents is 1. The minimum absolute atomic E-state index is 0.0698. The van der Waals surface area contributed by atoms with Crippen molar-refractivity contribution in [3.63, 3.8) is 0 Å². The molecule has 230 valence electrons. The van der Waals surface area contributed by atoms with Crippen molar-refractivity contribution in [2.75, 3.05) is 24.5 Å². The monoisotopic (exact) mass is 610 g/mol. The minimum Gasteiger partial charge on any atom is -0.497 e. The Kier molecular flexibility index (Phi) is 11.2. The normalized spacial score (nSPS) is 11.8. The molecular formula is C31H38N4O7S. The van der Waals surface area contributed by atoms with E-state index in [1.807, 2.05) is 38.1 Å². The lowest BCUT2D eigenvalue weighted by atomic mass is 10.1. The molecule has 2 amide bonds. The van der Waals surface area contributed by atoms with Crippen molar-refractivity contribution >= 4 is 33.2 Å². The number of methoxy groups -OCH3 is 1. The summed E-state index contributed by atoms with van der Waals surface area (Å²) >= 11 is 0. The van der Waals surface area contributed by atoms with Crippen LogP contribution in [0.2, 0.25) is 0 Å². The number of nitrogens with zero attached hydrogens (tertiary/aromatic N) is 3. The number of nitro groups is 1. The second-order valence-corrected chi connectivity index (χ2v) is 12.0. The average Bonchev–Trinajstić information content (AvgIpc) is 2.99. The predicted molar refractivity (Wildman–Crippen MR) is 164 cm³/mol. The molecule has 0 aromatic heterocycles. The van der Waals surface area contributed by atoms with Crippen molar-refractivity contribution in [2.24, 2.45) is 0 Å². The Hall–Kier alpha value is -4.45. The molecule has 3 aromatic carbocycles. The van der Waals surface area contributed by atoms with Crippen LogP contribution in [0.5, 0.6) is 5.75 Å². The summed E-state index contributed by atoms with van der Waals surface area (Å²) in [6.07, 6.45) is 1.66. The molecule has 0 heterocycles. The standard InChI is InChI=1S/C31H38N4O7S/c1-6-7-18-32-31(37)24(4)33(20-25-11-9-8-10-22(25)2)30(36)21-34(26-13-15-27(42-5)16-14-26)43(40,41)28-17-12-23(3)29(19-28)35(38)39/h8-17,19,24H,6-7,18,20-21H2,1-5H3,(H,32,37)/t24-/m1/s1. The van der Waals surface area contributed by atoms with E-state index in [9.17, 15) is 28.1 Å². The summed E-state index contributed by atoms with van der Waals surface area (Å²) in [5.41, 5.74) is 1.79. The van der Waals surface area contributed by atoms with Crippen LogP contribution in [0, 0.1) is 24.0 Å². The first kappa shape index (κ1) is 33.1. The van der Waals surface area contributed by atoms with Crippen molar-refractivity contribution in [3.8, 4) is 5.75 Å². The number of benzene rings is 3. The molecule has 0 aliphatic rings. The van der Waals surface area contributed by atoms with Crippen LogP contribution in [0.25, 0.3) is 0 Å². The Balaban J connectivity index is 2.08. The summed E-state index contributed by atoms with van der Waals surface area (Å²) in [6, 6.07) is 16.2. The van der Waals surface area contributed by atoms with Gasteiger partial charge in [0.25, 0.3) is 15.7 Å². The number of aryl methyl sites for hydroxylation is 2. The molecule has 1 atom stereocenters. The highest BCUT2D eigenvalue weighted by molar-refractivity contribution is 7.92. The SMILES string of the molecule is CCCCNC(=O)[C@@H](C)N(Cc1ccccc1C)C(=O)CN(c1ccc(OC)cc1)S(=O)(=O)c1ccc(C)c([N+](=O)[O-])c1. The fraction of sp³-hybridized carbons (Fsp3) is 0.355. The number of unbranched alkanes of at least 4 members (excludes halogenated alkanes) is 1. The molecule has 3 aromatic rings. The molecule has 0 spiro atoms. The van der Waals surface area contributed by atoms with Gasteiger partial charge in [0.05, 0.1) is 22.6 Å². The number of sulfonamides is 1. The summed E-state index contributed by atoms with van der Waals surface area (Å²) in [4.78, 5) is 39.1. The van der Waals surface area contributed by atoms with Gasteiger partial charge >= 0.3 is 0 Å².